The molecule has 0 bridgehead atoms. The second-order valence-corrected chi connectivity index (χ2v) is 13.4. The van der Waals surface area contributed by atoms with Crippen LogP contribution in [0, 0.1) is 0 Å². The second-order valence-electron chi connectivity index (χ2n) is 10.7. The highest BCUT2D eigenvalue weighted by molar-refractivity contribution is 7.89. The van der Waals surface area contributed by atoms with Crippen molar-refractivity contribution in [1.29, 1.82) is 0 Å². The Morgan fingerprint density at radius 2 is 1.87 bits per heavy atom. The highest BCUT2D eigenvalue weighted by Crippen LogP contribution is 2.37. The predicted molar refractivity (Wildman–Crippen MR) is 153 cm³/mol. The normalized spacial score (nSPS) is 19.7. The fraction of sp³-hybridized carbons (Fsp3) is 0.481. The van der Waals surface area contributed by atoms with Crippen molar-refractivity contribution < 1.29 is 22.7 Å². The van der Waals surface area contributed by atoms with E-state index in [0.29, 0.717) is 10.9 Å². The molecule has 2 amide bonds. The molecule has 214 valence electrons. The van der Waals surface area contributed by atoms with Crippen LogP contribution >= 0.6 is 23.2 Å². The highest BCUT2D eigenvalue weighted by atomic mass is 35.5. The Hall–Kier alpha value is -2.37. The van der Waals surface area contributed by atoms with Gasteiger partial charge in [-0.05, 0) is 80.6 Å². The molecule has 4 N–H and O–H groups in total. The van der Waals surface area contributed by atoms with Crippen molar-refractivity contribution in [2.75, 3.05) is 19.7 Å². The SMILES string of the molecule is CC1CCOc2cc(CNC(C)(C)C)c(Cl)cc21.NC(=O)CC1C(=O)NCCN1S(=O)(=O)c1ccc(Cl)cc1. The van der Waals surface area contributed by atoms with Gasteiger partial charge in [-0.1, -0.05) is 30.1 Å². The van der Waals surface area contributed by atoms with Gasteiger partial charge in [-0.15, -0.1) is 0 Å². The first-order valence-corrected chi connectivity index (χ1v) is 14.9. The third kappa shape index (κ3) is 8.31. The van der Waals surface area contributed by atoms with Gasteiger partial charge in [0, 0.05) is 35.2 Å². The number of nitrogens with two attached hydrogens (primary N) is 1. The Morgan fingerprint density at radius 1 is 1.21 bits per heavy atom. The first-order valence-electron chi connectivity index (χ1n) is 12.7. The number of amides is 2. The number of carbonyl (C=O) groups is 2. The Kier molecular flexibility index (Phi) is 10.3. The summed E-state index contributed by atoms with van der Waals surface area (Å²) < 4.78 is 31.9. The van der Waals surface area contributed by atoms with E-state index < -0.39 is 27.9 Å². The zero-order chi connectivity index (χ0) is 29.0. The van der Waals surface area contributed by atoms with E-state index in [-0.39, 0.29) is 29.9 Å². The van der Waals surface area contributed by atoms with Crippen LogP contribution in [0.5, 0.6) is 5.75 Å². The van der Waals surface area contributed by atoms with Crippen molar-refractivity contribution >= 4 is 45.0 Å². The van der Waals surface area contributed by atoms with E-state index in [1.165, 1.54) is 29.8 Å². The number of carbonyl (C=O) groups excluding carboxylic acids is 2. The molecule has 0 aromatic heterocycles. The van der Waals surface area contributed by atoms with Gasteiger partial charge in [0.25, 0.3) is 0 Å². The molecule has 2 aromatic rings. The summed E-state index contributed by atoms with van der Waals surface area (Å²) in [5, 5.41) is 7.22. The van der Waals surface area contributed by atoms with Gasteiger partial charge < -0.3 is 21.1 Å². The molecule has 2 atom stereocenters. The number of sulfonamides is 1. The van der Waals surface area contributed by atoms with E-state index in [1.807, 2.05) is 0 Å². The van der Waals surface area contributed by atoms with Crippen molar-refractivity contribution in [3.8, 4) is 5.75 Å². The molecule has 4 rings (SSSR count). The van der Waals surface area contributed by atoms with Crippen LogP contribution in [-0.2, 0) is 26.2 Å². The Morgan fingerprint density at radius 3 is 2.49 bits per heavy atom. The number of halogens is 2. The molecule has 2 heterocycles. The van der Waals surface area contributed by atoms with E-state index in [9.17, 15) is 18.0 Å². The molecular weight excluding hydrogens is 563 g/mol. The van der Waals surface area contributed by atoms with Gasteiger partial charge in [0.05, 0.1) is 17.9 Å². The van der Waals surface area contributed by atoms with Crippen LogP contribution < -0.4 is 21.1 Å². The largest absolute Gasteiger partial charge is 0.493 e. The Labute approximate surface area is 240 Å². The zero-order valence-corrected chi connectivity index (χ0v) is 24.9. The maximum Gasteiger partial charge on any atom is 0.243 e. The lowest BCUT2D eigenvalue weighted by Crippen LogP contribution is -2.58. The third-order valence-electron chi connectivity index (χ3n) is 6.42. The lowest BCUT2D eigenvalue weighted by Gasteiger charge is -2.33. The Balaban J connectivity index is 0.000000218. The molecule has 1 saturated heterocycles. The number of rotatable bonds is 6. The van der Waals surface area contributed by atoms with Crippen LogP contribution in [0.25, 0.3) is 0 Å². The summed E-state index contributed by atoms with van der Waals surface area (Å²) in [6.07, 6.45) is 0.710. The minimum atomic E-state index is -3.90. The molecule has 0 aliphatic carbocycles. The highest BCUT2D eigenvalue weighted by Gasteiger charge is 2.39. The summed E-state index contributed by atoms with van der Waals surface area (Å²) >= 11 is 12.1. The number of primary amides is 1. The van der Waals surface area contributed by atoms with E-state index in [0.717, 1.165) is 40.2 Å². The molecular formula is C27H36Cl2N4O5S. The second kappa shape index (κ2) is 12.9. The molecule has 39 heavy (non-hydrogen) atoms. The maximum absolute atomic E-state index is 12.6. The number of nitrogens with zero attached hydrogens (tertiary/aromatic N) is 1. The summed E-state index contributed by atoms with van der Waals surface area (Å²) in [6.45, 7) is 10.5. The smallest absolute Gasteiger partial charge is 0.243 e. The van der Waals surface area contributed by atoms with E-state index in [1.54, 1.807) is 0 Å². The van der Waals surface area contributed by atoms with Gasteiger partial charge in [0.1, 0.15) is 11.8 Å². The molecule has 2 aliphatic rings. The number of ether oxygens (including phenoxy) is 1. The average Bonchev–Trinajstić information content (AvgIpc) is 2.84. The summed E-state index contributed by atoms with van der Waals surface area (Å²) in [6, 6.07) is 8.63. The molecule has 0 radical (unpaired) electrons. The molecule has 2 unspecified atom stereocenters. The third-order valence-corrected chi connectivity index (χ3v) is 8.95. The maximum atomic E-state index is 12.6. The summed E-state index contributed by atoms with van der Waals surface area (Å²) in [4.78, 5) is 22.9. The monoisotopic (exact) mass is 598 g/mol. The van der Waals surface area contributed by atoms with Gasteiger partial charge >= 0.3 is 0 Å². The van der Waals surface area contributed by atoms with E-state index >= 15 is 0 Å². The number of fused-ring (bicyclic) bond motifs is 1. The molecule has 12 heteroatoms. The number of piperazine rings is 1. The number of benzene rings is 2. The number of nitrogens with one attached hydrogen (secondary N) is 2. The fourth-order valence-electron chi connectivity index (χ4n) is 4.23. The van der Waals surface area contributed by atoms with Crippen molar-refractivity contribution in [2.24, 2.45) is 5.73 Å². The van der Waals surface area contributed by atoms with Gasteiger partial charge in [0.15, 0.2) is 0 Å². The van der Waals surface area contributed by atoms with Gasteiger partial charge in [-0.2, -0.15) is 4.31 Å². The summed E-state index contributed by atoms with van der Waals surface area (Å²) in [5.74, 6) is 0.269. The number of hydrogen-bond acceptors (Lipinski definition) is 6. The average molecular weight is 600 g/mol. The van der Waals surface area contributed by atoms with Crippen LogP contribution in [0.15, 0.2) is 41.3 Å². The fourth-order valence-corrected chi connectivity index (χ4v) is 6.18. The minimum absolute atomic E-state index is 0.0103. The quantitative estimate of drug-likeness (QED) is 0.463. The van der Waals surface area contributed by atoms with E-state index in [4.69, 9.17) is 33.7 Å². The van der Waals surface area contributed by atoms with Crippen molar-refractivity contribution in [2.45, 2.75) is 69.5 Å². The molecule has 0 spiro atoms. The zero-order valence-electron chi connectivity index (χ0n) is 22.6. The lowest BCUT2D eigenvalue weighted by molar-refractivity contribution is -0.130. The number of hydrogen-bond donors (Lipinski definition) is 3. The topological polar surface area (TPSA) is 131 Å². The Bertz CT molecular complexity index is 1300. The molecule has 2 aliphatic heterocycles. The van der Waals surface area contributed by atoms with Gasteiger partial charge in [-0.25, -0.2) is 8.42 Å². The minimum Gasteiger partial charge on any atom is -0.493 e. The molecule has 1 fully saturated rings. The van der Waals surface area contributed by atoms with Crippen LogP contribution in [0.2, 0.25) is 10.0 Å². The predicted octanol–water partition coefficient (Wildman–Crippen LogP) is 3.82. The van der Waals surface area contributed by atoms with Gasteiger partial charge in [0.2, 0.25) is 21.8 Å². The lowest BCUT2D eigenvalue weighted by atomic mass is 9.94. The van der Waals surface area contributed by atoms with Crippen LogP contribution in [0.3, 0.4) is 0 Å². The van der Waals surface area contributed by atoms with Crippen LogP contribution in [-0.4, -0.2) is 55.8 Å². The molecule has 9 nitrogen and oxygen atoms in total. The summed E-state index contributed by atoms with van der Waals surface area (Å²) in [5.41, 5.74) is 7.53. The molecule has 0 saturated carbocycles. The van der Waals surface area contributed by atoms with Crippen molar-refractivity contribution in [1.82, 2.24) is 14.9 Å². The van der Waals surface area contributed by atoms with Crippen molar-refractivity contribution in [3.63, 3.8) is 0 Å². The van der Waals surface area contributed by atoms with E-state index in [2.05, 4.69) is 50.5 Å². The van der Waals surface area contributed by atoms with Crippen LogP contribution in [0.4, 0.5) is 0 Å². The van der Waals surface area contributed by atoms with Crippen LogP contribution in [0.1, 0.15) is 57.6 Å². The van der Waals surface area contributed by atoms with Crippen molar-refractivity contribution in [3.05, 3.63) is 57.6 Å². The standard InChI is InChI=1S/C15H22ClNO.C12H14ClN3O4S/c1-10-5-6-18-14-7-11(9-17-15(2,3)4)13(16)8-12(10)14;13-8-1-3-9(4-2-8)21(19,20)16-6-5-15-12(18)10(16)7-11(14)17/h7-8,10,17H,5-6,9H2,1-4H3;1-4,10H,5-7H2,(H2,14,17)(H,15,18). The molecule has 2 aromatic carbocycles. The van der Waals surface area contributed by atoms with Gasteiger partial charge in [-0.3, -0.25) is 9.59 Å². The summed E-state index contributed by atoms with van der Waals surface area (Å²) in [7, 11) is -3.90. The first-order chi connectivity index (χ1) is 18.2. The first kappa shape index (κ1) is 31.2.